The number of rotatable bonds is 10. The van der Waals surface area contributed by atoms with Gasteiger partial charge in [0.1, 0.15) is 0 Å². The van der Waals surface area contributed by atoms with Crippen LogP contribution >= 0.6 is 0 Å². The number of pyridine rings is 1. The van der Waals surface area contributed by atoms with Crippen molar-refractivity contribution >= 4 is 23.2 Å². The molecule has 0 aliphatic carbocycles. The summed E-state index contributed by atoms with van der Waals surface area (Å²) in [6.07, 6.45) is 8.01. The van der Waals surface area contributed by atoms with Crippen molar-refractivity contribution in [1.82, 2.24) is 10.3 Å². The Morgan fingerprint density at radius 2 is 1.73 bits per heavy atom. The fourth-order valence-corrected chi connectivity index (χ4v) is 3.57. The molecule has 3 rings (SSSR count). The van der Waals surface area contributed by atoms with Gasteiger partial charge in [0.15, 0.2) is 0 Å². The molecule has 6 nitrogen and oxygen atoms in total. The number of amides is 2. The van der Waals surface area contributed by atoms with Crippen molar-refractivity contribution in [1.29, 1.82) is 0 Å². The highest BCUT2D eigenvalue weighted by Crippen LogP contribution is 2.24. The summed E-state index contributed by atoms with van der Waals surface area (Å²) >= 11 is 0. The van der Waals surface area contributed by atoms with Gasteiger partial charge < -0.3 is 15.5 Å². The molecule has 3 aromatic rings. The number of nitrogens with one attached hydrogen (secondary N) is 2. The molecule has 0 saturated heterocycles. The number of nitrogens with zero attached hydrogens (tertiary/aromatic N) is 2. The lowest BCUT2D eigenvalue weighted by atomic mass is 10.0. The van der Waals surface area contributed by atoms with Gasteiger partial charge in [-0.05, 0) is 60.4 Å². The molecular weight excluding hydrogens is 412 g/mol. The first-order valence-electron chi connectivity index (χ1n) is 11.4. The molecule has 2 amide bonds. The number of hydrogen-bond donors (Lipinski definition) is 2. The number of aryl methyl sites for hydroxylation is 1. The average Bonchev–Trinajstić information content (AvgIpc) is 2.83. The SMILES string of the molecule is CCCCCc1ccc(C(=O)Nc2ccc(N(C)C)c(C(=O)NCc3cccnc3)c2)cc1. The zero-order valence-corrected chi connectivity index (χ0v) is 19.6. The van der Waals surface area contributed by atoms with Crippen molar-refractivity contribution in [3.05, 3.63) is 89.2 Å². The Hall–Kier alpha value is -3.67. The third-order valence-electron chi connectivity index (χ3n) is 5.44. The van der Waals surface area contributed by atoms with Crippen LogP contribution < -0.4 is 15.5 Å². The molecule has 0 saturated carbocycles. The van der Waals surface area contributed by atoms with Gasteiger partial charge in [0.2, 0.25) is 0 Å². The van der Waals surface area contributed by atoms with Crippen LogP contribution in [0.5, 0.6) is 0 Å². The molecule has 1 heterocycles. The van der Waals surface area contributed by atoms with E-state index in [4.69, 9.17) is 0 Å². The molecule has 0 unspecified atom stereocenters. The summed E-state index contributed by atoms with van der Waals surface area (Å²) in [5.41, 5.74) is 4.58. The number of unbranched alkanes of at least 4 members (excludes halogenated alkanes) is 2. The van der Waals surface area contributed by atoms with Crippen molar-refractivity contribution < 1.29 is 9.59 Å². The number of benzene rings is 2. The van der Waals surface area contributed by atoms with Crippen LogP contribution in [0.3, 0.4) is 0 Å². The maximum Gasteiger partial charge on any atom is 0.255 e. The quantitative estimate of drug-likeness (QED) is 0.429. The molecule has 2 N–H and O–H groups in total. The molecule has 0 aliphatic rings. The van der Waals surface area contributed by atoms with Gasteiger partial charge in [-0.1, -0.05) is 38.0 Å². The van der Waals surface area contributed by atoms with Crippen LogP contribution in [0, 0.1) is 0 Å². The van der Waals surface area contributed by atoms with Crippen molar-refractivity contribution in [2.45, 2.75) is 39.2 Å². The van der Waals surface area contributed by atoms with E-state index in [0.717, 1.165) is 24.1 Å². The van der Waals surface area contributed by atoms with E-state index in [1.165, 1.54) is 18.4 Å². The Morgan fingerprint density at radius 1 is 0.939 bits per heavy atom. The standard InChI is InChI=1S/C27H32N4O2/c1-4-5-6-8-20-10-12-22(13-11-20)26(32)30-23-14-15-25(31(2)3)24(17-23)27(33)29-19-21-9-7-16-28-18-21/h7,9-18H,4-6,8,19H2,1-3H3,(H,29,33)(H,30,32). The molecule has 33 heavy (non-hydrogen) atoms. The van der Waals surface area contributed by atoms with Crippen molar-refractivity contribution in [2.24, 2.45) is 0 Å². The molecule has 2 aromatic carbocycles. The Kier molecular flexibility index (Phi) is 8.58. The highest BCUT2D eigenvalue weighted by molar-refractivity contribution is 6.06. The summed E-state index contributed by atoms with van der Waals surface area (Å²) in [7, 11) is 3.76. The Bertz CT molecular complexity index is 1060. The lowest BCUT2D eigenvalue weighted by molar-refractivity contribution is 0.0950. The normalized spacial score (nSPS) is 10.5. The van der Waals surface area contributed by atoms with Crippen LogP contribution in [0.15, 0.2) is 67.0 Å². The number of carbonyl (C=O) groups is 2. The highest BCUT2D eigenvalue weighted by atomic mass is 16.2. The first kappa shape index (κ1) is 24.0. The van der Waals surface area contributed by atoms with Crippen LogP contribution in [0.4, 0.5) is 11.4 Å². The molecule has 172 valence electrons. The summed E-state index contributed by atoms with van der Waals surface area (Å²) in [5.74, 6) is -0.412. The third kappa shape index (κ3) is 6.91. The molecule has 0 aliphatic heterocycles. The predicted octanol–water partition coefficient (Wildman–Crippen LogP) is 5.06. The number of anilines is 2. The number of aromatic nitrogens is 1. The van der Waals surface area contributed by atoms with Gasteiger partial charge in [-0.15, -0.1) is 0 Å². The van der Waals surface area contributed by atoms with Gasteiger partial charge in [0.25, 0.3) is 11.8 Å². The molecule has 0 bridgehead atoms. The van der Waals surface area contributed by atoms with Crippen LogP contribution in [-0.4, -0.2) is 30.9 Å². The summed E-state index contributed by atoms with van der Waals surface area (Å²) in [6.45, 7) is 2.56. The Labute approximate surface area is 196 Å². The van der Waals surface area contributed by atoms with Gasteiger partial charge >= 0.3 is 0 Å². The van der Waals surface area contributed by atoms with Gasteiger partial charge in [-0.25, -0.2) is 0 Å². The summed E-state index contributed by atoms with van der Waals surface area (Å²) in [4.78, 5) is 31.6. The summed E-state index contributed by atoms with van der Waals surface area (Å²) in [5, 5.41) is 5.85. The van der Waals surface area contributed by atoms with E-state index in [1.807, 2.05) is 67.5 Å². The minimum atomic E-state index is -0.213. The smallest absolute Gasteiger partial charge is 0.255 e. The van der Waals surface area contributed by atoms with E-state index in [1.54, 1.807) is 18.5 Å². The highest BCUT2D eigenvalue weighted by Gasteiger charge is 2.15. The third-order valence-corrected chi connectivity index (χ3v) is 5.44. The maximum atomic E-state index is 12.9. The largest absolute Gasteiger partial charge is 0.377 e. The topological polar surface area (TPSA) is 74.3 Å². The van der Waals surface area contributed by atoms with Crippen LogP contribution in [0.25, 0.3) is 0 Å². The second-order valence-corrected chi connectivity index (χ2v) is 8.28. The Balaban J connectivity index is 1.70. The lowest BCUT2D eigenvalue weighted by Crippen LogP contribution is -2.25. The average molecular weight is 445 g/mol. The molecule has 1 aromatic heterocycles. The second kappa shape index (κ2) is 11.8. The van der Waals surface area contributed by atoms with E-state index in [9.17, 15) is 9.59 Å². The number of hydrogen-bond acceptors (Lipinski definition) is 4. The zero-order chi connectivity index (χ0) is 23.6. The van der Waals surface area contributed by atoms with E-state index >= 15 is 0 Å². The first-order chi connectivity index (χ1) is 16.0. The van der Waals surface area contributed by atoms with Gasteiger partial charge in [-0.3, -0.25) is 14.6 Å². The van der Waals surface area contributed by atoms with Crippen LogP contribution in [0.1, 0.15) is 58.0 Å². The molecule has 0 atom stereocenters. The van der Waals surface area contributed by atoms with E-state index in [2.05, 4.69) is 22.5 Å². The lowest BCUT2D eigenvalue weighted by Gasteiger charge is -2.18. The molecule has 0 fully saturated rings. The Morgan fingerprint density at radius 3 is 2.39 bits per heavy atom. The fraction of sp³-hybridized carbons (Fsp3) is 0.296. The summed E-state index contributed by atoms with van der Waals surface area (Å²) < 4.78 is 0. The molecule has 0 spiro atoms. The molecule has 0 radical (unpaired) electrons. The second-order valence-electron chi connectivity index (χ2n) is 8.28. The van der Waals surface area contributed by atoms with E-state index < -0.39 is 0 Å². The minimum Gasteiger partial charge on any atom is -0.377 e. The first-order valence-corrected chi connectivity index (χ1v) is 11.4. The van der Waals surface area contributed by atoms with E-state index in [0.29, 0.717) is 23.4 Å². The van der Waals surface area contributed by atoms with Crippen LogP contribution in [-0.2, 0) is 13.0 Å². The minimum absolute atomic E-state index is 0.200. The van der Waals surface area contributed by atoms with Gasteiger partial charge in [0, 0.05) is 50.0 Å². The van der Waals surface area contributed by atoms with Gasteiger partial charge in [-0.2, -0.15) is 0 Å². The summed E-state index contributed by atoms with van der Waals surface area (Å²) in [6, 6.07) is 16.8. The van der Waals surface area contributed by atoms with Gasteiger partial charge in [0.05, 0.1) is 5.56 Å². The number of carbonyl (C=O) groups excluding carboxylic acids is 2. The maximum absolute atomic E-state index is 12.9. The van der Waals surface area contributed by atoms with Crippen molar-refractivity contribution in [3.63, 3.8) is 0 Å². The van der Waals surface area contributed by atoms with Crippen LogP contribution in [0.2, 0.25) is 0 Å². The van der Waals surface area contributed by atoms with E-state index in [-0.39, 0.29) is 11.8 Å². The predicted molar refractivity (Wildman–Crippen MR) is 134 cm³/mol. The zero-order valence-electron chi connectivity index (χ0n) is 19.6. The van der Waals surface area contributed by atoms with Crippen molar-refractivity contribution in [2.75, 3.05) is 24.3 Å². The fourth-order valence-electron chi connectivity index (χ4n) is 3.57. The van der Waals surface area contributed by atoms with Crippen molar-refractivity contribution in [3.8, 4) is 0 Å². The molecule has 6 heteroatoms. The monoisotopic (exact) mass is 444 g/mol. The molecular formula is C27H32N4O2.